The van der Waals surface area contributed by atoms with Crippen LogP contribution >= 0.6 is 0 Å². The molecule has 1 amide bonds. The predicted octanol–water partition coefficient (Wildman–Crippen LogP) is 3.09. The van der Waals surface area contributed by atoms with Crippen molar-refractivity contribution in [1.82, 2.24) is 19.3 Å². The molecule has 0 spiro atoms. The number of fused-ring (bicyclic) bond motifs is 1. The Morgan fingerprint density at radius 2 is 1.91 bits per heavy atom. The van der Waals surface area contributed by atoms with E-state index < -0.39 is 21.7 Å². The number of nitrogens with zero attached hydrogens (tertiary/aromatic N) is 3. The first-order valence-electron chi connectivity index (χ1n) is 11.0. The molecular weight excluding hydrogens is 456 g/mol. The van der Waals surface area contributed by atoms with E-state index in [1.54, 1.807) is 30.3 Å². The van der Waals surface area contributed by atoms with Gasteiger partial charge in [-0.3, -0.25) is 0 Å². The van der Waals surface area contributed by atoms with Gasteiger partial charge < -0.3 is 21.2 Å². The number of alkyl carbamates (subject to hydrolysis) is 1. The Balaban J connectivity index is 1.54. The quantitative estimate of drug-likeness (QED) is 0.501. The number of carbonyl (C=O) groups excluding carboxylic acids is 1. The minimum atomic E-state index is -3.82. The van der Waals surface area contributed by atoms with Crippen LogP contribution in [0, 0.1) is 6.92 Å². The van der Waals surface area contributed by atoms with Gasteiger partial charge in [0, 0.05) is 30.7 Å². The average Bonchev–Trinajstić information content (AvgIpc) is 3.36. The largest absolute Gasteiger partial charge is 0.444 e. The summed E-state index contributed by atoms with van der Waals surface area (Å²) < 4.78 is 32.9. The Hall–Kier alpha value is -3.31. The zero-order valence-electron chi connectivity index (χ0n) is 19.7. The highest BCUT2D eigenvalue weighted by Crippen LogP contribution is 2.31. The Bertz CT molecular complexity index is 1310. The van der Waals surface area contributed by atoms with E-state index in [1.165, 1.54) is 12.4 Å². The summed E-state index contributed by atoms with van der Waals surface area (Å²) in [6, 6.07) is 8.26. The molecule has 0 unspecified atom stereocenters. The third-order valence-corrected chi connectivity index (χ3v) is 7.15. The normalized spacial score (nSPS) is 17.1. The van der Waals surface area contributed by atoms with Gasteiger partial charge in [0.15, 0.2) is 5.65 Å². The van der Waals surface area contributed by atoms with E-state index in [-0.39, 0.29) is 16.6 Å². The van der Waals surface area contributed by atoms with Crippen molar-refractivity contribution in [2.45, 2.75) is 50.7 Å². The zero-order valence-corrected chi connectivity index (χ0v) is 20.5. The SMILES string of the molecule is Cc1ccc(S(=O)(=O)n2ccc3c(NN4CC[C@@H](NC(=O)OC(C)(C)C)C4)c(N)cnc32)cc1. The van der Waals surface area contributed by atoms with Gasteiger partial charge in [-0.25, -0.2) is 27.2 Å². The van der Waals surface area contributed by atoms with E-state index >= 15 is 0 Å². The summed E-state index contributed by atoms with van der Waals surface area (Å²) in [4.78, 5) is 16.6. The van der Waals surface area contributed by atoms with Crippen LogP contribution < -0.4 is 16.5 Å². The zero-order chi connectivity index (χ0) is 24.7. The van der Waals surface area contributed by atoms with Crippen LogP contribution in [0.1, 0.15) is 32.8 Å². The fourth-order valence-electron chi connectivity index (χ4n) is 3.83. The fourth-order valence-corrected chi connectivity index (χ4v) is 5.13. The summed E-state index contributed by atoms with van der Waals surface area (Å²) in [6.07, 6.45) is 3.19. The number of nitrogens with two attached hydrogens (primary N) is 1. The van der Waals surface area contributed by atoms with Gasteiger partial charge in [-0.1, -0.05) is 17.7 Å². The molecule has 3 aromatic rings. The lowest BCUT2D eigenvalue weighted by Gasteiger charge is -2.23. The first-order chi connectivity index (χ1) is 15.9. The molecule has 3 heterocycles. The van der Waals surface area contributed by atoms with Crippen molar-refractivity contribution in [3.8, 4) is 0 Å². The number of hydrogen-bond donors (Lipinski definition) is 3. The Labute approximate surface area is 199 Å². The third-order valence-electron chi connectivity index (χ3n) is 5.47. The number of benzene rings is 1. The molecule has 4 N–H and O–H groups in total. The van der Waals surface area contributed by atoms with Gasteiger partial charge in [0.2, 0.25) is 0 Å². The maximum absolute atomic E-state index is 13.2. The second-order valence-corrected chi connectivity index (χ2v) is 11.3. The molecule has 0 saturated carbocycles. The van der Waals surface area contributed by atoms with Crippen LogP contribution in [0.25, 0.3) is 11.0 Å². The molecule has 1 aliphatic heterocycles. The topological polar surface area (TPSA) is 132 Å². The monoisotopic (exact) mass is 486 g/mol. The number of nitrogen functional groups attached to an aromatic ring is 1. The second-order valence-electron chi connectivity index (χ2n) is 9.45. The van der Waals surface area contributed by atoms with Crippen LogP contribution in [0.5, 0.6) is 0 Å². The highest BCUT2D eigenvalue weighted by atomic mass is 32.2. The molecular formula is C23H30N6O4S. The van der Waals surface area contributed by atoms with E-state index in [2.05, 4.69) is 15.7 Å². The summed E-state index contributed by atoms with van der Waals surface area (Å²) in [5.74, 6) is 0. The number of amides is 1. The van der Waals surface area contributed by atoms with Crippen LogP contribution in [-0.2, 0) is 14.8 Å². The molecule has 2 aromatic heterocycles. The standard InChI is InChI=1S/C23H30N6O4S/c1-15-5-7-17(8-6-15)34(31,32)29-12-10-18-20(19(24)13-25-21(18)29)27-28-11-9-16(14-28)26-22(30)33-23(2,3)4/h5-8,10,12-13,16H,9,11,14,24H2,1-4H3,(H,25,27)(H,26,30)/t16-/m1/s1. The van der Waals surface area contributed by atoms with Gasteiger partial charge in [-0.15, -0.1) is 0 Å². The molecule has 10 nitrogen and oxygen atoms in total. The minimum Gasteiger partial charge on any atom is -0.444 e. The lowest BCUT2D eigenvalue weighted by atomic mass is 10.2. The minimum absolute atomic E-state index is 0.0904. The number of aryl methyl sites for hydroxylation is 1. The molecule has 0 bridgehead atoms. The molecule has 4 rings (SSSR count). The molecule has 0 radical (unpaired) electrons. The molecule has 182 valence electrons. The Kier molecular flexibility index (Phi) is 6.17. The van der Waals surface area contributed by atoms with Crippen LogP contribution in [0.4, 0.5) is 16.2 Å². The van der Waals surface area contributed by atoms with E-state index in [4.69, 9.17) is 10.5 Å². The average molecular weight is 487 g/mol. The molecule has 1 aromatic carbocycles. The van der Waals surface area contributed by atoms with Crippen molar-refractivity contribution >= 4 is 38.5 Å². The van der Waals surface area contributed by atoms with Crippen LogP contribution in [0.15, 0.2) is 47.6 Å². The van der Waals surface area contributed by atoms with Gasteiger partial charge in [0.1, 0.15) is 5.60 Å². The van der Waals surface area contributed by atoms with E-state index in [1.807, 2.05) is 32.7 Å². The summed E-state index contributed by atoms with van der Waals surface area (Å²) in [7, 11) is -3.82. The van der Waals surface area contributed by atoms with Gasteiger partial charge in [-0.05, 0) is 52.3 Å². The van der Waals surface area contributed by atoms with E-state index in [0.29, 0.717) is 29.9 Å². The summed E-state index contributed by atoms with van der Waals surface area (Å²) in [5, 5.41) is 5.39. The first kappa shape index (κ1) is 23.8. The maximum atomic E-state index is 13.2. The number of hydrogen-bond acceptors (Lipinski definition) is 8. The van der Waals surface area contributed by atoms with Crippen molar-refractivity contribution in [3.05, 3.63) is 48.3 Å². The van der Waals surface area contributed by atoms with Crippen LogP contribution in [-0.4, -0.2) is 53.2 Å². The third kappa shape index (κ3) is 4.95. The second kappa shape index (κ2) is 8.80. The highest BCUT2D eigenvalue weighted by Gasteiger charge is 2.28. The van der Waals surface area contributed by atoms with Crippen molar-refractivity contribution in [3.63, 3.8) is 0 Å². The lowest BCUT2D eigenvalue weighted by Crippen LogP contribution is -2.41. The van der Waals surface area contributed by atoms with Crippen molar-refractivity contribution in [2.24, 2.45) is 0 Å². The number of ether oxygens (including phenoxy) is 1. The van der Waals surface area contributed by atoms with Gasteiger partial charge in [0.05, 0.1) is 22.5 Å². The van der Waals surface area contributed by atoms with E-state index in [0.717, 1.165) is 16.0 Å². The smallest absolute Gasteiger partial charge is 0.407 e. The maximum Gasteiger partial charge on any atom is 0.407 e. The number of rotatable bonds is 5. The van der Waals surface area contributed by atoms with Gasteiger partial charge >= 0.3 is 6.09 Å². The summed E-state index contributed by atoms with van der Waals surface area (Å²) in [5.41, 5.74) is 11.1. The first-order valence-corrected chi connectivity index (χ1v) is 12.5. The van der Waals surface area contributed by atoms with Crippen molar-refractivity contribution in [1.29, 1.82) is 0 Å². The fraction of sp³-hybridized carbons (Fsp3) is 0.391. The number of nitrogens with one attached hydrogen (secondary N) is 2. The number of aromatic nitrogens is 2. The number of anilines is 2. The number of carbonyl (C=O) groups is 1. The number of pyridine rings is 1. The summed E-state index contributed by atoms with van der Waals surface area (Å²) >= 11 is 0. The highest BCUT2D eigenvalue weighted by molar-refractivity contribution is 7.90. The number of hydrazine groups is 1. The van der Waals surface area contributed by atoms with Gasteiger partial charge in [0.25, 0.3) is 10.0 Å². The summed E-state index contributed by atoms with van der Waals surface area (Å²) in [6.45, 7) is 8.54. The molecule has 1 fully saturated rings. The molecule has 11 heteroatoms. The lowest BCUT2D eigenvalue weighted by molar-refractivity contribution is 0.0506. The molecule has 1 saturated heterocycles. The van der Waals surface area contributed by atoms with Crippen LogP contribution in [0.2, 0.25) is 0 Å². The molecule has 1 atom stereocenters. The molecule has 1 aliphatic rings. The molecule has 0 aliphatic carbocycles. The predicted molar refractivity (Wildman–Crippen MR) is 131 cm³/mol. The van der Waals surface area contributed by atoms with Crippen LogP contribution in [0.3, 0.4) is 0 Å². The Morgan fingerprint density at radius 1 is 1.21 bits per heavy atom. The van der Waals surface area contributed by atoms with Gasteiger partial charge in [-0.2, -0.15) is 0 Å². The molecule has 34 heavy (non-hydrogen) atoms. The van der Waals surface area contributed by atoms with E-state index in [9.17, 15) is 13.2 Å². The Morgan fingerprint density at radius 3 is 2.59 bits per heavy atom. The van der Waals surface area contributed by atoms with Crippen molar-refractivity contribution in [2.75, 3.05) is 24.2 Å². The van der Waals surface area contributed by atoms with Crippen molar-refractivity contribution < 1.29 is 17.9 Å².